The zero-order valence-electron chi connectivity index (χ0n) is 11.4. The summed E-state index contributed by atoms with van der Waals surface area (Å²) >= 11 is 1.86. The van der Waals surface area contributed by atoms with E-state index in [0.29, 0.717) is 5.92 Å². The van der Waals surface area contributed by atoms with Gasteiger partial charge in [0.1, 0.15) is 0 Å². The molecule has 0 radical (unpaired) electrons. The Morgan fingerprint density at radius 3 is 2.35 bits per heavy atom. The van der Waals surface area contributed by atoms with E-state index < -0.39 is 0 Å². The van der Waals surface area contributed by atoms with Crippen molar-refractivity contribution in [3.8, 4) is 0 Å². The van der Waals surface area contributed by atoms with E-state index in [2.05, 4.69) is 38.5 Å². The standard InChI is InChI=1S/C14H24N2S/c1-14(2,3)12-9-17-13(16-12)10-5-7-11(15-4)8-6-10/h9-11,15H,5-8H2,1-4H3. The summed E-state index contributed by atoms with van der Waals surface area (Å²) in [5.41, 5.74) is 1.45. The quantitative estimate of drug-likeness (QED) is 0.868. The molecule has 0 spiro atoms. The minimum absolute atomic E-state index is 0.191. The minimum Gasteiger partial charge on any atom is -0.317 e. The molecule has 0 aromatic carbocycles. The molecular formula is C14H24N2S. The molecule has 0 atom stereocenters. The van der Waals surface area contributed by atoms with E-state index in [1.54, 1.807) is 0 Å². The first-order valence-electron chi connectivity index (χ1n) is 6.64. The largest absolute Gasteiger partial charge is 0.317 e. The molecule has 1 aromatic heterocycles. The third kappa shape index (κ3) is 3.08. The summed E-state index contributed by atoms with van der Waals surface area (Å²) in [6.07, 6.45) is 5.18. The second-order valence-electron chi connectivity index (χ2n) is 6.16. The first-order valence-corrected chi connectivity index (χ1v) is 7.52. The zero-order chi connectivity index (χ0) is 12.5. The average molecular weight is 252 g/mol. The van der Waals surface area contributed by atoms with Gasteiger partial charge < -0.3 is 5.32 Å². The van der Waals surface area contributed by atoms with Gasteiger partial charge in [-0.05, 0) is 32.7 Å². The molecule has 1 aromatic rings. The summed E-state index contributed by atoms with van der Waals surface area (Å²) in [4.78, 5) is 4.85. The number of aromatic nitrogens is 1. The first kappa shape index (κ1) is 13.0. The molecule has 0 bridgehead atoms. The van der Waals surface area contributed by atoms with Crippen LogP contribution < -0.4 is 5.32 Å². The number of thiazole rings is 1. The van der Waals surface area contributed by atoms with Crippen LogP contribution in [0, 0.1) is 0 Å². The molecule has 1 heterocycles. The molecule has 0 saturated heterocycles. The lowest BCUT2D eigenvalue weighted by Gasteiger charge is -2.27. The predicted octanol–water partition coefficient (Wildman–Crippen LogP) is 3.69. The van der Waals surface area contributed by atoms with Gasteiger partial charge in [0.15, 0.2) is 0 Å². The summed E-state index contributed by atoms with van der Waals surface area (Å²) in [5, 5.41) is 7.00. The minimum atomic E-state index is 0.191. The lowest BCUT2D eigenvalue weighted by molar-refractivity contribution is 0.357. The SMILES string of the molecule is CNC1CCC(c2nc(C(C)(C)C)cs2)CC1. The molecule has 1 N–H and O–H groups in total. The van der Waals surface area contributed by atoms with E-state index in [1.807, 2.05) is 11.3 Å². The highest BCUT2D eigenvalue weighted by atomic mass is 32.1. The monoisotopic (exact) mass is 252 g/mol. The van der Waals surface area contributed by atoms with Gasteiger partial charge in [-0.3, -0.25) is 0 Å². The van der Waals surface area contributed by atoms with Gasteiger partial charge in [0, 0.05) is 22.8 Å². The number of nitrogens with zero attached hydrogens (tertiary/aromatic N) is 1. The number of nitrogens with one attached hydrogen (secondary N) is 1. The lowest BCUT2D eigenvalue weighted by Crippen LogP contribution is -2.29. The van der Waals surface area contributed by atoms with Crippen LogP contribution in [0.3, 0.4) is 0 Å². The molecular weight excluding hydrogens is 228 g/mol. The predicted molar refractivity (Wildman–Crippen MR) is 74.9 cm³/mol. The Bertz CT molecular complexity index is 357. The Morgan fingerprint density at radius 2 is 1.88 bits per heavy atom. The summed E-state index contributed by atoms with van der Waals surface area (Å²) in [6.45, 7) is 6.72. The summed E-state index contributed by atoms with van der Waals surface area (Å²) in [7, 11) is 2.08. The fraction of sp³-hybridized carbons (Fsp3) is 0.786. The summed E-state index contributed by atoms with van der Waals surface area (Å²) in [5.74, 6) is 0.709. The van der Waals surface area contributed by atoms with Gasteiger partial charge in [0.2, 0.25) is 0 Å². The van der Waals surface area contributed by atoms with E-state index in [9.17, 15) is 0 Å². The van der Waals surface area contributed by atoms with Crippen molar-refractivity contribution in [2.45, 2.75) is 63.8 Å². The molecule has 1 fully saturated rings. The topological polar surface area (TPSA) is 24.9 Å². The van der Waals surface area contributed by atoms with Gasteiger partial charge in [-0.1, -0.05) is 20.8 Å². The van der Waals surface area contributed by atoms with Gasteiger partial charge >= 0.3 is 0 Å². The molecule has 1 aliphatic carbocycles. The molecule has 96 valence electrons. The van der Waals surface area contributed by atoms with Crippen LogP contribution in [-0.2, 0) is 5.41 Å². The maximum absolute atomic E-state index is 4.85. The molecule has 3 heteroatoms. The van der Waals surface area contributed by atoms with Gasteiger partial charge in [-0.15, -0.1) is 11.3 Å². The number of rotatable bonds is 2. The highest BCUT2D eigenvalue weighted by Crippen LogP contribution is 2.36. The van der Waals surface area contributed by atoms with Gasteiger partial charge in [-0.25, -0.2) is 4.98 Å². The van der Waals surface area contributed by atoms with E-state index in [-0.39, 0.29) is 5.41 Å². The van der Waals surface area contributed by atoms with Crippen molar-refractivity contribution < 1.29 is 0 Å². The maximum atomic E-state index is 4.85. The second kappa shape index (κ2) is 5.07. The third-order valence-corrected chi connectivity index (χ3v) is 4.78. The average Bonchev–Trinajstić information content (AvgIpc) is 2.78. The van der Waals surface area contributed by atoms with Gasteiger partial charge in [0.05, 0.1) is 10.7 Å². The Morgan fingerprint density at radius 1 is 1.24 bits per heavy atom. The van der Waals surface area contributed by atoms with E-state index >= 15 is 0 Å². The molecule has 0 unspecified atom stereocenters. The van der Waals surface area contributed by atoms with E-state index in [1.165, 1.54) is 36.4 Å². The smallest absolute Gasteiger partial charge is 0.0959 e. The Kier molecular flexibility index (Phi) is 3.88. The molecule has 2 nitrogen and oxygen atoms in total. The van der Waals surface area contributed by atoms with Crippen molar-refractivity contribution in [3.05, 3.63) is 16.1 Å². The molecule has 1 aliphatic rings. The fourth-order valence-corrected chi connectivity index (χ4v) is 3.67. The van der Waals surface area contributed by atoms with Crippen LogP contribution in [0.4, 0.5) is 0 Å². The molecule has 1 saturated carbocycles. The van der Waals surface area contributed by atoms with Crippen LogP contribution in [0.15, 0.2) is 5.38 Å². The van der Waals surface area contributed by atoms with Crippen LogP contribution in [0.25, 0.3) is 0 Å². The van der Waals surface area contributed by atoms with Crippen LogP contribution >= 0.6 is 11.3 Å². The highest BCUT2D eigenvalue weighted by molar-refractivity contribution is 7.09. The van der Waals surface area contributed by atoms with Crippen molar-refractivity contribution in [1.29, 1.82) is 0 Å². The Balaban J connectivity index is 2.02. The van der Waals surface area contributed by atoms with Crippen molar-refractivity contribution in [3.63, 3.8) is 0 Å². The number of hydrogen-bond donors (Lipinski definition) is 1. The zero-order valence-corrected chi connectivity index (χ0v) is 12.2. The van der Waals surface area contributed by atoms with Crippen LogP contribution in [-0.4, -0.2) is 18.1 Å². The summed E-state index contributed by atoms with van der Waals surface area (Å²) in [6, 6.07) is 0.730. The van der Waals surface area contributed by atoms with Crippen molar-refractivity contribution in [1.82, 2.24) is 10.3 Å². The van der Waals surface area contributed by atoms with Gasteiger partial charge in [0.25, 0.3) is 0 Å². The molecule has 0 aliphatic heterocycles. The van der Waals surface area contributed by atoms with Crippen molar-refractivity contribution in [2.24, 2.45) is 0 Å². The maximum Gasteiger partial charge on any atom is 0.0959 e. The number of hydrogen-bond acceptors (Lipinski definition) is 3. The normalized spacial score (nSPS) is 26.1. The molecule has 17 heavy (non-hydrogen) atoms. The Hall–Kier alpha value is -0.410. The van der Waals surface area contributed by atoms with Gasteiger partial charge in [-0.2, -0.15) is 0 Å². The van der Waals surface area contributed by atoms with Crippen molar-refractivity contribution in [2.75, 3.05) is 7.05 Å². The highest BCUT2D eigenvalue weighted by Gasteiger charge is 2.25. The third-order valence-electron chi connectivity index (χ3n) is 3.78. The van der Waals surface area contributed by atoms with Crippen LogP contribution in [0.5, 0.6) is 0 Å². The Labute approximate surface area is 109 Å². The molecule has 0 amide bonds. The van der Waals surface area contributed by atoms with Crippen LogP contribution in [0.2, 0.25) is 0 Å². The summed E-state index contributed by atoms with van der Waals surface area (Å²) < 4.78 is 0. The second-order valence-corrected chi connectivity index (χ2v) is 7.05. The molecule has 2 rings (SSSR count). The first-order chi connectivity index (χ1) is 8.00. The van der Waals surface area contributed by atoms with E-state index in [0.717, 1.165) is 6.04 Å². The van der Waals surface area contributed by atoms with Crippen LogP contribution in [0.1, 0.15) is 63.1 Å². The van der Waals surface area contributed by atoms with E-state index in [4.69, 9.17) is 4.98 Å². The van der Waals surface area contributed by atoms with Crippen molar-refractivity contribution >= 4 is 11.3 Å². The fourth-order valence-electron chi connectivity index (χ4n) is 2.45. The lowest BCUT2D eigenvalue weighted by atomic mass is 9.86.